The van der Waals surface area contributed by atoms with Crippen LogP contribution in [-0.2, 0) is 0 Å². The Labute approximate surface area is 73.9 Å². The van der Waals surface area contributed by atoms with E-state index >= 15 is 0 Å². The highest BCUT2D eigenvalue weighted by atomic mass is 35.5. The van der Waals surface area contributed by atoms with Crippen molar-refractivity contribution in [3.05, 3.63) is 27.3 Å². The first-order valence-electron chi connectivity index (χ1n) is 2.98. The molecule has 0 aromatic carbocycles. The van der Waals surface area contributed by atoms with Crippen LogP contribution in [0.15, 0.2) is 18.1 Å². The zero-order valence-corrected chi connectivity index (χ0v) is 7.14. The predicted octanol–water partition coefficient (Wildman–Crippen LogP) is 1.43. The summed E-state index contributed by atoms with van der Waals surface area (Å²) in [6, 6.07) is 3.57. The van der Waals surface area contributed by atoms with Gasteiger partial charge < -0.3 is 10.0 Å². The third-order valence-corrected chi connectivity index (χ3v) is 2.22. The fourth-order valence-electron chi connectivity index (χ4n) is 0.599. The fraction of sp³-hybridized carbons (Fsp3) is 0. The molecule has 1 aromatic heterocycles. The van der Waals surface area contributed by atoms with Gasteiger partial charge in [0.15, 0.2) is 0 Å². The molecule has 11 heavy (non-hydrogen) atoms. The van der Waals surface area contributed by atoms with E-state index in [-0.39, 0.29) is 0 Å². The van der Waals surface area contributed by atoms with Crippen LogP contribution in [0.5, 0.6) is 0 Å². The average Bonchev–Trinajstić information content (AvgIpc) is 2.31. The summed E-state index contributed by atoms with van der Waals surface area (Å²) in [5.74, 6) is 1.28. The van der Waals surface area contributed by atoms with Gasteiger partial charge in [-0.15, -0.1) is 11.3 Å². The Bertz CT molecular complexity index is 259. The van der Waals surface area contributed by atoms with Crippen LogP contribution in [0.3, 0.4) is 0 Å². The first-order valence-corrected chi connectivity index (χ1v) is 4.17. The highest BCUT2D eigenvalue weighted by molar-refractivity contribution is 7.17. The van der Waals surface area contributed by atoms with Crippen LogP contribution >= 0.6 is 22.9 Å². The molecule has 1 rings (SSSR count). The Kier molecular flexibility index (Phi) is 3.14. The molecule has 0 aliphatic rings. The van der Waals surface area contributed by atoms with Gasteiger partial charge in [0.1, 0.15) is 0 Å². The lowest BCUT2D eigenvalue weighted by atomic mass is 9.92. The molecule has 1 heterocycles. The van der Waals surface area contributed by atoms with E-state index in [0.717, 1.165) is 4.88 Å². The van der Waals surface area contributed by atoms with E-state index in [1.807, 2.05) is 6.07 Å². The van der Waals surface area contributed by atoms with Gasteiger partial charge in [-0.2, -0.15) is 0 Å². The second-order valence-electron chi connectivity index (χ2n) is 1.91. The van der Waals surface area contributed by atoms with Crippen molar-refractivity contribution in [1.82, 2.24) is 0 Å². The lowest BCUT2D eigenvalue weighted by Gasteiger charge is -1.84. The van der Waals surface area contributed by atoms with Gasteiger partial charge in [0, 0.05) is 4.88 Å². The summed E-state index contributed by atoms with van der Waals surface area (Å²) < 4.78 is 0.692. The summed E-state index contributed by atoms with van der Waals surface area (Å²) in [6.07, 6.45) is 1.61. The van der Waals surface area contributed by atoms with E-state index < -0.39 is 7.12 Å². The molecule has 58 valence electrons. The molecule has 2 nitrogen and oxygen atoms in total. The first kappa shape index (κ1) is 8.81. The minimum absolute atomic E-state index is 0.692. The SMILES string of the molecule is OB(O)/C=C/c1ccc(Cl)s1. The Hall–Kier alpha value is -0.285. The van der Waals surface area contributed by atoms with E-state index in [0.29, 0.717) is 4.34 Å². The normalized spacial score (nSPS) is 10.8. The van der Waals surface area contributed by atoms with Crippen molar-refractivity contribution in [2.24, 2.45) is 0 Å². The molecule has 0 atom stereocenters. The molecule has 0 saturated carbocycles. The number of rotatable bonds is 2. The molecule has 0 radical (unpaired) electrons. The molecule has 0 unspecified atom stereocenters. The number of hydrogen-bond donors (Lipinski definition) is 2. The summed E-state index contributed by atoms with van der Waals surface area (Å²) in [5.41, 5.74) is 0. The largest absolute Gasteiger partial charge is 0.480 e. The van der Waals surface area contributed by atoms with Crippen molar-refractivity contribution in [3.63, 3.8) is 0 Å². The quantitative estimate of drug-likeness (QED) is 0.689. The Balaban J connectivity index is 2.64. The van der Waals surface area contributed by atoms with Crippen LogP contribution in [0.4, 0.5) is 0 Å². The average molecular weight is 188 g/mol. The molecule has 0 aliphatic carbocycles. The molecular weight excluding hydrogens is 182 g/mol. The molecule has 1 aromatic rings. The topological polar surface area (TPSA) is 40.5 Å². The summed E-state index contributed by atoms with van der Waals surface area (Å²) in [5, 5.41) is 16.9. The lowest BCUT2D eigenvalue weighted by Crippen LogP contribution is -2.04. The van der Waals surface area contributed by atoms with Crippen LogP contribution in [0.2, 0.25) is 4.34 Å². The first-order chi connectivity index (χ1) is 5.18. The van der Waals surface area contributed by atoms with Crippen molar-refractivity contribution in [2.45, 2.75) is 0 Å². The number of halogens is 1. The standard InChI is InChI=1S/C6H6BClO2S/c8-6-2-1-5(11-6)3-4-7(9)10/h1-4,9-10H/b4-3+. The van der Waals surface area contributed by atoms with Gasteiger partial charge in [-0.3, -0.25) is 0 Å². The van der Waals surface area contributed by atoms with Gasteiger partial charge in [0.05, 0.1) is 4.34 Å². The second-order valence-corrected chi connectivity index (χ2v) is 3.66. The van der Waals surface area contributed by atoms with Crippen molar-refractivity contribution >= 4 is 36.1 Å². The van der Waals surface area contributed by atoms with E-state index in [2.05, 4.69) is 0 Å². The van der Waals surface area contributed by atoms with Gasteiger partial charge in [-0.1, -0.05) is 23.7 Å². The molecule has 0 amide bonds. The fourth-order valence-corrected chi connectivity index (χ4v) is 1.57. The highest BCUT2D eigenvalue weighted by Gasteiger charge is 1.99. The molecule has 0 fully saturated rings. The summed E-state index contributed by atoms with van der Waals surface area (Å²) in [7, 11) is -1.39. The van der Waals surface area contributed by atoms with Crippen molar-refractivity contribution in [3.8, 4) is 0 Å². The van der Waals surface area contributed by atoms with Gasteiger partial charge in [-0.25, -0.2) is 0 Å². The van der Waals surface area contributed by atoms with Crippen LogP contribution < -0.4 is 0 Å². The second kappa shape index (κ2) is 3.92. The zero-order chi connectivity index (χ0) is 8.27. The Morgan fingerprint density at radius 3 is 2.64 bits per heavy atom. The van der Waals surface area contributed by atoms with Gasteiger partial charge in [-0.05, 0) is 12.1 Å². The third-order valence-electron chi connectivity index (χ3n) is 1.03. The third kappa shape index (κ3) is 3.07. The van der Waals surface area contributed by atoms with E-state index in [9.17, 15) is 0 Å². The Morgan fingerprint density at radius 2 is 2.18 bits per heavy atom. The minimum Gasteiger partial charge on any atom is -0.424 e. The summed E-state index contributed by atoms with van der Waals surface area (Å²) in [6.45, 7) is 0. The van der Waals surface area contributed by atoms with Crippen molar-refractivity contribution in [1.29, 1.82) is 0 Å². The number of thiophene rings is 1. The smallest absolute Gasteiger partial charge is 0.424 e. The summed E-state index contributed by atoms with van der Waals surface area (Å²) in [4.78, 5) is 0.906. The Morgan fingerprint density at radius 1 is 1.45 bits per heavy atom. The lowest BCUT2D eigenvalue weighted by molar-refractivity contribution is 0.424. The van der Waals surface area contributed by atoms with Crippen molar-refractivity contribution in [2.75, 3.05) is 0 Å². The molecule has 0 spiro atoms. The molecular formula is C6H6BClO2S. The van der Waals surface area contributed by atoms with E-state index in [1.165, 1.54) is 17.3 Å². The minimum atomic E-state index is -1.39. The maximum Gasteiger partial charge on any atom is 0.480 e. The maximum atomic E-state index is 8.46. The monoisotopic (exact) mass is 188 g/mol. The van der Waals surface area contributed by atoms with E-state index in [1.54, 1.807) is 12.1 Å². The van der Waals surface area contributed by atoms with Crippen LogP contribution in [0, 0.1) is 0 Å². The zero-order valence-electron chi connectivity index (χ0n) is 5.57. The number of hydrogen-bond acceptors (Lipinski definition) is 3. The highest BCUT2D eigenvalue weighted by Crippen LogP contribution is 2.22. The van der Waals surface area contributed by atoms with Crippen LogP contribution in [0.25, 0.3) is 6.08 Å². The van der Waals surface area contributed by atoms with Gasteiger partial charge in [0.2, 0.25) is 0 Å². The van der Waals surface area contributed by atoms with Gasteiger partial charge in [0.25, 0.3) is 0 Å². The maximum absolute atomic E-state index is 8.46. The van der Waals surface area contributed by atoms with E-state index in [4.69, 9.17) is 21.6 Å². The summed E-state index contributed by atoms with van der Waals surface area (Å²) >= 11 is 7.02. The molecule has 5 heteroatoms. The molecule has 0 aliphatic heterocycles. The van der Waals surface area contributed by atoms with Gasteiger partial charge >= 0.3 is 7.12 Å². The van der Waals surface area contributed by atoms with Crippen LogP contribution in [-0.4, -0.2) is 17.2 Å². The predicted molar refractivity (Wildman–Crippen MR) is 48.6 cm³/mol. The molecule has 2 N–H and O–H groups in total. The molecule has 0 saturated heterocycles. The molecule has 0 bridgehead atoms. The van der Waals surface area contributed by atoms with Crippen LogP contribution in [0.1, 0.15) is 4.88 Å². The van der Waals surface area contributed by atoms with Crippen molar-refractivity contribution < 1.29 is 10.0 Å².